The Morgan fingerprint density at radius 2 is 1.79 bits per heavy atom. The lowest BCUT2D eigenvalue weighted by atomic mass is 10.1. The van der Waals surface area contributed by atoms with Crippen molar-refractivity contribution in [2.24, 2.45) is 0 Å². The van der Waals surface area contributed by atoms with Gasteiger partial charge in [0.15, 0.2) is 0 Å². The number of benzene rings is 1. The summed E-state index contributed by atoms with van der Waals surface area (Å²) in [5.74, 6) is -0.346. The highest BCUT2D eigenvalue weighted by molar-refractivity contribution is 5.98. The zero-order valence-electron chi connectivity index (χ0n) is 14.2. The van der Waals surface area contributed by atoms with Crippen molar-refractivity contribution in [3.8, 4) is 0 Å². The average molecular weight is 325 g/mol. The lowest BCUT2D eigenvalue weighted by Crippen LogP contribution is -2.31. The van der Waals surface area contributed by atoms with E-state index >= 15 is 0 Å². The lowest BCUT2D eigenvalue weighted by Gasteiger charge is -2.18. The van der Waals surface area contributed by atoms with Gasteiger partial charge in [-0.25, -0.2) is 0 Å². The molecule has 1 heterocycles. The molecule has 0 saturated carbocycles. The second kappa shape index (κ2) is 8.82. The quantitative estimate of drug-likeness (QED) is 0.851. The third-order valence-electron chi connectivity index (χ3n) is 3.83. The number of amides is 2. The summed E-state index contributed by atoms with van der Waals surface area (Å²) in [6.07, 6.45) is 2.26. The van der Waals surface area contributed by atoms with Crippen LogP contribution >= 0.6 is 0 Å². The third-order valence-corrected chi connectivity index (χ3v) is 3.83. The van der Waals surface area contributed by atoms with Gasteiger partial charge in [0.25, 0.3) is 11.8 Å². The van der Waals surface area contributed by atoms with Crippen LogP contribution in [0, 0.1) is 0 Å². The van der Waals surface area contributed by atoms with Crippen LogP contribution in [0.3, 0.4) is 0 Å². The maximum Gasteiger partial charge on any atom is 0.269 e. The molecule has 0 fully saturated rings. The van der Waals surface area contributed by atoms with E-state index in [1.165, 1.54) is 6.20 Å². The molecule has 0 saturated heterocycles. The summed E-state index contributed by atoms with van der Waals surface area (Å²) >= 11 is 0. The second-order valence-corrected chi connectivity index (χ2v) is 5.40. The normalized spacial score (nSPS) is 10.2. The number of carbonyl (C=O) groups excluding carboxylic acids is 2. The molecule has 0 atom stereocenters. The first-order chi connectivity index (χ1) is 11.7. The summed E-state index contributed by atoms with van der Waals surface area (Å²) in [4.78, 5) is 30.4. The van der Waals surface area contributed by atoms with Gasteiger partial charge in [-0.2, -0.15) is 0 Å². The van der Waals surface area contributed by atoms with Crippen molar-refractivity contribution < 1.29 is 9.59 Å². The highest BCUT2D eigenvalue weighted by Gasteiger charge is 2.15. The van der Waals surface area contributed by atoms with Gasteiger partial charge >= 0.3 is 0 Å². The Bertz CT molecular complexity index is 682. The molecule has 1 N–H and O–H groups in total. The highest BCUT2D eigenvalue weighted by Crippen LogP contribution is 2.07. The minimum atomic E-state index is -0.264. The Hall–Kier alpha value is -2.69. The Balaban J connectivity index is 1.97. The smallest absolute Gasteiger partial charge is 0.269 e. The fraction of sp³-hybridized carbons (Fsp3) is 0.316. The molecule has 0 aliphatic heterocycles. The molecule has 0 spiro atoms. The molecular weight excluding hydrogens is 302 g/mol. The third kappa shape index (κ3) is 4.65. The van der Waals surface area contributed by atoms with Crippen molar-refractivity contribution in [1.82, 2.24) is 15.2 Å². The van der Waals surface area contributed by atoms with E-state index in [-0.39, 0.29) is 17.5 Å². The van der Waals surface area contributed by atoms with Crippen LogP contribution in [0.5, 0.6) is 0 Å². The molecule has 0 aliphatic carbocycles. The number of carbonyl (C=O) groups is 2. The summed E-state index contributed by atoms with van der Waals surface area (Å²) < 4.78 is 0. The minimum Gasteiger partial charge on any atom is -0.350 e. The van der Waals surface area contributed by atoms with E-state index in [1.807, 2.05) is 44.2 Å². The van der Waals surface area contributed by atoms with Gasteiger partial charge in [0.1, 0.15) is 5.69 Å². The number of aromatic nitrogens is 1. The number of nitrogens with one attached hydrogen (secondary N) is 1. The number of nitrogens with zero attached hydrogens (tertiary/aromatic N) is 2. The molecule has 2 aromatic rings. The van der Waals surface area contributed by atoms with Crippen LogP contribution in [0.1, 0.15) is 40.3 Å². The molecule has 0 radical (unpaired) electrons. The maximum absolute atomic E-state index is 12.3. The zero-order chi connectivity index (χ0) is 17.4. The van der Waals surface area contributed by atoms with Crippen LogP contribution in [0.25, 0.3) is 0 Å². The van der Waals surface area contributed by atoms with E-state index in [9.17, 15) is 9.59 Å². The van der Waals surface area contributed by atoms with Crippen molar-refractivity contribution in [3.63, 3.8) is 0 Å². The molecule has 2 rings (SSSR count). The van der Waals surface area contributed by atoms with E-state index < -0.39 is 0 Å². The Morgan fingerprint density at radius 1 is 1.08 bits per heavy atom. The van der Waals surface area contributed by atoms with E-state index in [0.29, 0.717) is 25.2 Å². The minimum absolute atomic E-state index is 0.0827. The fourth-order valence-electron chi connectivity index (χ4n) is 2.44. The van der Waals surface area contributed by atoms with Gasteiger partial charge in [-0.15, -0.1) is 0 Å². The number of pyridine rings is 1. The fourth-order valence-corrected chi connectivity index (χ4v) is 2.44. The van der Waals surface area contributed by atoms with Crippen LogP contribution < -0.4 is 5.32 Å². The van der Waals surface area contributed by atoms with Gasteiger partial charge < -0.3 is 10.2 Å². The van der Waals surface area contributed by atoms with E-state index in [4.69, 9.17) is 0 Å². The molecule has 0 bridgehead atoms. The second-order valence-electron chi connectivity index (χ2n) is 5.40. The molecule has 2 amide bonds. The van der Waals surface area contributed by atoms with Crippen molar-refractivity contribution >= 4 is 11.8 Å². The first-order valence-corrected chi connectivity index (χ1v) is 8.23. The Labute approximate surface area is 142 Å². The van der Waals surface area contributed by atoms with Crippen molar-refractivity contribution in [3.05, 3.63) is 65.5 Å². The van der Waals surface area contributed by atoms with Gasteiger partial charge in [0.2, 0.25) is 0 Å². The Morgan fingerprint density at radius 3 is 2.46 bits per heavy atom. The molecule has 24 heavy (non-hydrogen) atoms. The van der Waals surface area contributed by atoms with Gasteiger partial charge in [-0.3, -0.25) is 14.6 Å². The SMILES string of the molecule is CCN(CC)C(=O)c1ccnc(C(=O)NCCc2ccccc2)c1. The van der Waals surface area contributed by atoms with Gasteiger partial charge in [-0.1, -0.05) is 30.3 Å². The Kier molecular flexibility index (Phi) is 6.49. The van der Waals surface area contributed by atoms with Crippen molar-refractivity contribution in [1.29, 1.82) is 0 Å². The van der Waals surface area contributed by atoms with Crippen LogP contribution in [-0.2, 0) is 6.42 Å². The molecule has 0 unspecified atom stereocenters. The van der Waals surface area contributed by atoms with Gasteiger partial charge in [0.05, 0.1) is 0 Å². The number of hydrogen-bond acceptors (Lipinski definition) is 3. The average Bonchev–Trinajstić information content (AvgIpc) is 2.63. The first-order valence-electron chi connectivity index (χ1n) is 8.23. The van der Waals surface area contributed by atoms with Crippen molar-refractivity contribution in [2.45, 2.75) is 20.3 Å². The highest BCUT2D eigenvalue weighted by atomic mass is 16.2. The van der Waals surface area contributed by atoms with Gasteiger partial charge in [0, 0.05) is 31.4 Å². The summed E-state index contributed by atoms with van der Waals surface area (Å²) in [6.45, 7) is 5.66. The number of hydrogen-bond donors (Lipinski definition) is 1. The molecular formula is C19H23N3O2. The van der Waals surface area contributed by atoms with E-state index in [1.54, 1.807) is 17.0 Å². The standard InChI is InChI=1S/C19H23N3O2/c1-3-22(4-2)19(24)16-11-13-20-17(14-16)18(23)21-12-10-15-8-6-5-7-9-15/h5-9,11,13-14H,3-4,10,12H2,1-2H3,(H,21,23). The van der Waals surface area contributed by atoms with Crippen LogP contribution in [0.4, 0.5) is 0 Å². The van der Waals surface area contributed by atoms with Crippen LogP contribution in [0.15, 0.2) is 48.7 Å². The molecule has 126 valence electrons. The largest absolute Gasteiger partial charge is 0.350 e. The molecule has 1 aromatic carbocycles. The predicted molar refractivity (Wildman–Crippen MR) is 94.0 cm³/mol. The monoisotopic (exact) mass is 325 g/mol. The topological polar surface area (TPSA) is 62.3 Å². The predicted octanol–water partition coefficient (Wildman–Crippen LogP) is 2.54. The van der Waals surface area contributed by atoms with Crippen LogP contribution in [-0.4, -0.2) is 41.3 Å². The first kappa shape index (κ1) is 17.7. The van der Waals surface area contributed by atoms with E-state index in [0.717, 1.165) is 12.0 Å². The lowest BCUT2D eigenvalue weighted by molar-refractivity contribution is 0.0773. The molecule has 5 nitrogen and oxygen atoms in total. The summed E-state index contributed by atoms with van der Waals surface area (Å²) in [6, 6.07) is 13.1. The van der Waals surface area contributed by atoms with Crippen molar-refractivity contribution in [2.75, 3.05) is 19.6 Å². The summed E-state index contributed by atoms with van der Waals surface area (Å²) in [5.41, 5.74) is 1.92. The number of rotatable bonds is 7. The molecule has 0 aliphatic rings. The zero-order valence-corrected chi connectivity index (χ0v) is 14.2. The summed E-state index contributed by atoms with van der Waals surface area (Å²) in [7, 11) is 0. The molecule has 5 heteroatoms. The van der Waals surface area contributed by atoms with E-state index in [2.05, 4.69) is 10.3 Å². The molecule has 1 aromatic heterocycles. The van der Waals surface area contributed by atoms with Gasteiger partial charge in [-0.05, 0) is 38.0 Å². The summed E-state index contributed by atoms with van der Waals surface area (Å²) in [5, 5.41) is 2.84. The van der Waals surface area contributed by atoms with Crippen LogP contribution in [0.2, 0.25) is 0 Å². The maximum atomic E-state index is 12.3.